The van der Waals surface area contributed by atoms with E-state index >= 15 is 0 Å². The lowest BCUT2D eigenvalue weighted by Crippen LogP contribution is -3.00. The smallest absolute Gasteiger partial charge is 0.186 e. The van der Waals surface area contributed by atoms with Crippen LogP contribution in [-0.4, -0.2) is 0 Å². The lowest BCUT2D eigenvalue weighted by Gasteiger charge is -1.92. The second-order valence-corrected chi connectivity index (χ2v) is 2.14. The second-order valence-electron chi connectivity index (χ2n) is 2.14. The quantitative estimate of drug-likeness (QED) is 0.482. The maximum absolute atomic E-state index is 3.70. The number of aromatic nitrogens is 1. The standard InChI is InChI=1S/C9H12N.ClH/c1-3-9-7-5-6-8-10(9)4-2;/h4-8H,2-3H2,1H3;1H/q+1;/p-1. The molecule has 0 radical (unpaired) electrons. The molecule has 0 unspecified atom stereocenters. The highest BCUT2D eigenvalue weighted by molar-refractivity contribution is 5.04. The van der Waals surface area contributed by atoms with Crippen molar-refractivity contribution in [3.63, 3.8) is 0 Å². The topological polar surface area (TPSA) is 3.88 Å². The van der Waals surface area contributed by atoms with Gasteiger partial charge in [0.2, 0.25) is 0 Å². The van der Waals surface area contributed by atoms with Crippen molar-refractivity contribution in [2.24, 2.45) is 0 Å². The zero-order valence-corrected chi connectivity index (χ0v) is 7.38. The highest BCUT2D eigenvalue weighted by Gasteiger charge is 2.00. The first-order valence-corrected chi connectivity index (χ1v) is 3.50. The van der Waals surface area contributed by atoms with Crippen LogP contribution in [-0.2, 0) is 6.42 Å². The van der Waals surface area contributed by atoms with E-state index in [9.17, 15) is 0 Å². The second kappa shape index (κ2) is 4.91. The van der Waals surface area contributed by atoms with Gasteiger partial charge in [-0.15, -0.1) is 0 Å². The van der Waals surface area contributed by atoms with Crippen molar-refractivity contribution in [1.82, 2.24) is 0 Å². The van der Waals surface area contributed by atoms with Gasteiger partial charge in [0.05, 0.1) is 0 Å². The number of hydrogen-bond donors (Lipinski definition) is 0. The van der Waals surface area contributed by atoms with E-state index in [1.54, 1.807) is 0 Å². The van der Waals surface area contributed by atoms with Gasteiger partial charge >= 0.3 is 0 Å². The summed E-state index contributed by atoms with van der Waals surface area (Å²) in [6.45, 7) is 5.84. The first-order chi connectivity index (χ1) is 4.88. The third-order valence-corrected chi connectivity index (χ3v) is 1.54. The summed E-state index contributed by atoms with van der Waals surface area (Å²) < 4.78 is 2.03. The van der Waals surface area contributed by atoms with E-state index in [1.807, 2.05) is 29.1 Å². The highest BCUT2D eigenvalue weighted by Crippen LogP contribution is 1.91. The van der Waals surface area contributed by atoms with E-state index in [0.717, 1.165) is 6.42 Å². The van der Waals surface area contributed by atoms with Crippen LogP contribution in [0.25, 0.3) is 6.20 Å². The minimum Gasteiger partial charge on any atom is -1.00 e. The average molecular weight is 170 g/mol. The number of halogens is 1. The first kappa shape index (κ1) is 10.2. The minimum absolute atomic E-state index is 0. The van der Waals surface area contributed by atoms with Crippen LogP contribution in [0.15, 0.2) is 31.0 Å². The summed E-state index contributed by atoms with van der Waals surface area (Å²) in [7, 11) is 0. The normalized spacial score (nSPS) is 8.45. The number of rotatable bonds is 2. The first-order valence-electron chi connectivity index (χ1n) is 3.50. The van der Waals surface area contributed by atoms with Gasteiger partial charge in [0, 0.05) is 18.6 Å². The summed E-state index contributed by atoms with van der Waals surface area (Å²) >= 11 is 0. The van der Waals surface area contributed by atoms with Crippen molar-refractivity contribution in [3.05, 3.63) is 36.7 Å². The molecule has 60 valence electrons. The zero-order valence-electron chi connectivity index (χ0n) is 6.63. The fourth-order valence-corrected chi connectivity index (χ4v) is 0.969. The Hall–Kier alpha value is -0.820. The van der Waals surface area contributed by atoms with Crippen molar-refractivity contribution in [3.8, 4) is 0 Å². The zero-order chi connectivity index (χ0) is 7.40. The molecule has 11 heavy (non-hydrogen) atoms. The molecule has 0 saturated heterocycles. The summed E-state index contributed by atoms with van der Waals surface area (Å²) in [5.41, 5.74) is 1.29. The molecule has 0 bridgehead atoms. The average Bonchev–Trinajstić information content (AvgIpc) is 2.04. The monoisotopic (exact) mass is 169 g/mol. The largest absolute Gasteiger partial charge is 1.00 e. The predicted molar refractivity (Wildman–Crippen MR) is 42.4 cm³/mol. The van der Waals surface area contributed by atoms with Crippen LogP contribution in [0.3, 0.4) is 0 Å². The van der Waals surface area contributed by atoms with E-state index in [1.165, 1.54) is 5.69 Å². The molecule has 0 amide bonds. The van der Waals surface area contributed by atoms with E-state index in [-0.39, 0.29) is 12.4 Å². The molecule has 0 atom stereocenters. The molecule has 1 aromatic rings. The molecule has 0 N–H and O–H groups in total. The summed E-state index contributed by atoms with van der Waals surface area (Å²) in [5.74, 6) is 0. The molecule has 0 saturated carbocycles. The summed E-state index contributed by atoms with van der Waals surface area (Å²) in [6.07, 6.45) is 4.87. The van der Waals surface area contributed by atoms with Gasteiger partial charge in [0.15, 0.2) is 18.1 Å². The lowest BCUT2D eigenvalue weighted by atomic mass is 10.3. The molecule has 0 aliphatic rings. The van der Waals surface area contributed by atoms with E-state index < -0.39 is 0 Å². The number of aryl methyl sites for hydroxylation is 1. The Labute approximate surface area is 73.8 Å². The molecule has 0 aliphatic carbocycles. The highest BCUT2D eigenvalue weighted by atomic mass is 35.5. The molecule has 1 rings (SSSR count). The molecule has 1 nitrogen and oxygen atoms in total. The van der Waals surface area contributed by atoms with Gasteiger partial charge in [-0.25, -0.2) is 0 Å². The molecule has 0 spiro atoms. The molecule has 1 aromatic heterocycles. The maximum Gasteiger partial charge on any atom is 0.186 e. The Kier molecular flexibility index (Phi) is 4.55. The van der Waals surface area contributed by atoms with Gasteiger partial charge in [-0.3, -0.25) is 0 Å². The maximum atomic E-state index is 3.70. The summed E-state index contributed by atoms with van der Waals surface area (Å²) in [4.78, 5) is 0. The lowest BCUT2D eigenvalue weighted by molar-refractivity contribution is -0.576. The molecule has 2 heteroatoms. The summed E-state index contributed by atoms with van der Waals surface area (Å²) in [6, 6.07) is 6.14. The van der Waals surface area contributed by atoms with Crippen LogP contribution < -0.4 is 17.0 Å². The van der Waals surface area contributed by atoms with E-state index in [0.29, 0.717) is 0 Å². The fraction of sp³-hybridized carbons (Fsp3) is 0.222. The molecular formula is C9H12ClN. The Morgan fingerprint density at radius 2 is 2.27 bits per heavy atom. The molecule has 1 heterocycles. The van der Waals surface area contributed by atoms with Crippen molar-refractivity contribution in [2.75, 3.05) is 0 Å². The number of pyridine rings is 1. The van der Waals surface area contributed by atoms with Crippen molar-refractivity contribution >= 4 is 6.20 Å². The number of nitrogens with zero attached hydrogens (tertiary/aromatic N) is 1. The predicted octanol–water partition coefficient (Wildman–Crippen LogP) is -1.36. The number of hydrogen-bond acceptors (Lipinski definition) is 0. The van der Waals surface area contributed by atoms with Gasteiger partial charge in [-0.1, -0.05) is 13.0 Å². The van der Waals surface area contributed by atoms with E-state index in [2.05, 4.69) is 19.6 Å². The van der Waals surface area contributed by atoms with Gasteiger partial charge in [-0.05, 0) is 6.58 Å². The molecule has 0 aromatic carbocycles. The third-order valence-electron chi connectivity index (χ3n) is 1.54. The van der Waals surface area contributed by atoms with Gasteiger partial charge < -0.3 is 12.4 Å². The minimum atomic E-state index is 0. The SMILES string of the molecule is C=C[n+]1ccccc1CC.[Cl-]. The molecule has 0 aliphatic heterocycles. The third kappa shape index (κ3) is 2.35. The van der Waals surface area contributed by atoms with Crippen LogP contribution in [0.1, 0.15) is 12.6 Å². The van der Waals surface area contributed by atoms with E-state index in [4.69, 9.17) is 0 Å². The Bertz CT molecular complexity index is 233. The fourth-order valence-electron chi connectivity index (χ4n) is 0.969. The molecular weight excluding hydrogens is 158 g/mol. The van der Waals surface area contributed by atoms with Crippen LogP contribution >= 0.6 is 0 Å². The van der Waals surface area contributed by atoms with Crippen molar-refractivity contribution in [2.45, 2.75) is 13.3 Å². The van der Waals surface area contributed by atoms with Gasteiger partial charge in [0.1, 0.15) is 0 Å². The van der Waals surface area contributed by atoms with Crippen LogP contribution in [0.2, 0.25) is 0 Å². The van der Waals surface area contributed by atoms with Gasteiger partial charge in [0.25, 0.3) is 0 Å². The van der Waals surface area contributed by atoms with Crippen LogP contribution in [0.4, 0.5) is 0 Å². The molecule has 0 fully saturated rings. The van der Waals surface area contributed by atoms with Gasteiger partial charge in [-0.2, -0.15) is 4.57 Å². The van der Waals surface area contributed by atoms with Crippen LogP contribution in [0, 0.1) is 0 Å². The van der Waals surface area contributed by atoms with Crippen LogP contribution in [0.5, 0.6) is 0 Å². The summed E-state index contributed by atoms with van der Waals surface area (Å²) in [5, 5.41) is 0. The van der Waals surface area contributed by atoms with Crippen molar-refractivity contribution in [1.29, 1.82) is 0 Å². The Balaban J connectivity index is 0.000001000. The Morgan fingerprint density at radius 1 is 1.55 bits per heavy atom. The Morgan fingerprint density at radius 3 is 2.73 bits per heavy atom. The van der Waals surface area contributed by atoms with Crippen molar-refractivity contribution < 1.29 is 17.0 Å².